The summed E-state index contributed by atoms with van der Waals surface area (Å²) in [5.74, 6) is 0. The van der Waals surface area contributed by atoms with Crippen LogP contribution in [0.15, 0.2) is 42.5 Å². The number of H-pyrrole nitrogens is 1. The van der Waals surface area contributed by atoms with Crippen molar-refractivity contribution in [1.29, 1.82) is 0 Å². The molecule has 4 heteroatoms. The molecule has 3 aromatic rings. The molecule has 19 heavy (non-hydrogen) atoms. The summed E-state index contributed by atoms with van der Waals surface area (Å²) in [6.07, 6.45) is 1.05. The van der Waals surface area contributed by atoms with Crippen molar-refractivity contribution in [3.05, 3.63) is 56.4 Å². The first-order valence-electron chi connectivity index (χ1n) is 6.18. The molecule has 0 radical (unpaired) electrons. The lowest BCUT2D eigenvalue weighted by atomic mass is 10.1. The predicted molar refractivity (Wildman–Crippen MR) is 90.6 cm³/mol. The molecule has 0 bridgehead atoms. The van der Waals surface area contributed by atoms with E-state index in [1.54, 1.807) is 0 Å². The zero-order valence-corrected chi connectivity index (χ0v) is 13.5. The number of aromatic amines is 1. The Kier molecular flexibility index (Phi) is 3.45. The lowest BCUT2D eigenvalue weighted by molar-refractivity contribution is 1.05. The molecule has 0 unspecified atom stereocenters. The van der Waals surface area contributed by atoms with Crippen LogP contribution in [0, 0.1) is 8.34 Å². The van der Waals surface area contributed by atoms with Crippen molar-refractivity contribution < 1.29 is 0 Å². The van der Waals surface area contributed by atoms with Gasteiger partial charge in [0.25, 0.3) is 0 Å². The molecule has 1 N–H and O–H groups in total. The van der Waals surface area contributed by atoms with Gasteiger partial charge in [-0.25, -0.2) is 0 Å². The van der Waals surface area contributed by atoms with Crippen molar-refractivity contribution in [2.75, 3.05) is 0 Å². The third-order valence-corrected chi connectivity index (χ3v) is 4.20. The predicted octanol–water partition coefficient (Wildman–Crippen LogP) is 4.86. The van der Waals surface area contributed by atoms with Gasteiger partial charge in [-0.3, -0.25) is 4.57 Å². The minimum Gasteiger partial charge on any atom is -0.330 e. The Morgan fingerprint density at radius 1 is 1.16 bits per heavy atom. The minimum atomic E-state index is 0.737. The number of hydrogen-bond acceptors (Lipinski definition) is 1. The maximum absolute atomic E-state index is 5.44. The maximum Gasteiger partial charge on any atom is 0.182 e. The summed E-state index contributed by atoms with van der Waals surface area (Å²) in [6.45, 7) is 2.16. The Morgan fingerprint density at radius 3 is 2.58 bits per heavy atom. The molecule has 0 saturated heterocycles. The number of hydrogen-bond donors (Lipinski definition) is 1. The summed E-state index contributed by atoms with van der Waals surface area (Å²) >= 11 is 7.75. The van der Waals surface area contributed by atoms with E-state index in [0.717, 1.165) is 27.9 Å². The van der Waals surface area contributed by atoms with Crippen molar-refractivity contribution in [1.82, 2.24) is 9.55 Å². The first-order valence-corrected chi connectivity index (χ1v) is 7.67. The van der Waals surface area contributed by atoms with E-state index in [9.17, 15) is 0 Å². The van der Waals surface area contributed by atoms with Crippen molar-refractivity contribution in [2.45, 2.75) is 13.3 Å². The molecule has 0 amide bonds. The minimum absolute atomic E-state index is 0.737. The van der Waals surface area contributed by atoms with Crippen LogP contribution in [0.1, 0.15) is 12.5 Å². The SMILES string of the molecule is CCc1ccc(-n2c(=S)[nH]c3cc(I)ccc32)cc1. The summed E-state index contributed by atoms with van der Waals surface area (Å²) in [4.78, 5) is 3.27. The molecule has 2 aromatic carbocycles. The molecule has 2 nitrogen and oxygen atoms in total. The summed E-state index contributed by atoms with van der Waals surface area (Å²) in [5, 5.41) is 0. The zero-order valence-electron chi connectivity index (χ0n) is 10.5. The average molecular weight is 380 g/mol. The number of aryl methyl sites for hydroxylation is 1. The number of halogens is 1. The topological polar surface area (TPSA) is 20.7 Å². The van der Waals surface area contributed by atoms with E-state index in [4.69, 9.17) is 12.2 Å². The number of fused-ring (bicyclic) bond motifs is 1. The normalized spacial score (nSPS) is 11.1. The summed E-state index contributed by atoms with van der Waals surface area (Å²) < 4.78 is 4.02. The Morgan fingerprint density at radius 2 is 1.89 bits per heavy atom. The van der Waals surface area contributed by atoms with Gasteiger partial charge in [-0.2, -0.15) is 0 Å². The monoisotopic (exact) mass is 380 g/mol. The van der Waals surface area contributed by atoms with Gasteiger partial charge in [-0.1, -0.05) is 19.1 Å². The lowest BCUT2D eigenvalue weighted by Crippen LogP contribution is -1.94. The van der Waals surface area contributed by atoms with Gasteiger partial charge in [-0.15, -0.1) is 0 Å². The summed E-state index contributed by atoms with van der Waals surface area (Å²) in [6, 6.07) is 14.9. The van der Waals surface area contributed by atoms with Crippen molar-refractivity contribution in [3.63, 3.8) is 0 Å². The molecule has 3 rings (SSSR count). The number of rotatable bonds is 2. The number of imidazole rings is 1. The van der Waals surface area contributed by atoms with Crippen molar-refractivity contribution >= 4 is 45.8 Å². The van der Waals surface area contributed by atoms with Crippen LogP contribution < -0.4 is 0 Å². The van der Waals surface area contributed by atoms with Gasteiger partial charge in [0.1, 0.15) is 0 Å². The molecule has 0 spiro atoms. The van der Waals surface area contributed by atoms with Gasteiger partial charge in [0.2, 0.25) is 0 Å². The van der Waals surface area contributed by atoms with Crippen molar-refractivity contribution in [3.8, 4) is 5.69 Å². The molecule has 0 aliphatic heterocycles. The van der Waals surface area contributed by atoms with E-state index in [1.807, 2.05) is 0 Å². The van der Waals surface area contributed by atoms with E-state index < -0.39 is 0 Å². The Bertz CT molecular complexity index is 784. The highest BCUT2D eigenvalue weighted by Crippen LogP contribution is 2.21. The smallest absolute Gasteiger partial charge is 0.182 e. The molecule has 0 atom stereocenters. The molecular weight excluding hydrogens is 367 g/mol. The van der Waals surface area contributed by atoms with Crippen LogP contribution in [0.2, 0.25) is 0 Å². The Hall–Kier alpha value is -1.14. The highest BCUT2D eigenvalue weighted by Gasteiger charge is 2.06. The Balaban J connectivity index is 2.23. The molecular formula is C15H13IN2S. The van der Waals surface area contributed by atoms with Crippen LogP contribution in [0.25, 0.3) is 16.7 Å². The summed E-state index contributed by atoms with van der Waals surface area (Å²) in [7, 11) is 0. The average Bonchev–Trinajstić information content (AvgIpc) is 2.74. The highest BCUT2D eigenvalue weighted by molar-refractivity contribution is 14.1. The van der Waals surface area contributed by atoms with Crippen molar-refractivity contribution in [2.24, 2.45) is 0 Å². The number of nitrogens with zero attached hydrogens (tertiary/aromatic N) is 1. The van der Waals surface area contributed by atoms with Gasteiger partial charge in [0.15, 0.2) is 4.77 Å². The van der Waals surface area contributed by atoms with E-state index in [-0.39, 0.29) is 0 Å². The van der Waals surface area contributed by atoms with E-state index in [1.165, 1.54) is 9.13 Å². The van der Waals surface area contributed by atoms with E-state index in [0.29, 0.717) is 0 Å². The molecule has 96 valence electrons. The molecule has 0 aliphatic rings. The second-order valence-corrected chi connectivity index (χ2v) is 6.08. The first-order chi connectivity index (χ1) is 9.19. The van der Waals surface area contributed by atoms with Gasteiger partial charge in [0.05, 0.1) is 11.0 Å². The van der Waals surface area contributed by atoms with E-state index >= 15 is 0 Å². The van der Waals surface area contributed by atoms with Crippen LogP contribution in [-0.2, 0) is 6.42 Å². The third-order valence-electron chi connectivity index (χ3n) is 3.25. The molecule has 0 fully saturated rings. The third kappa shape index (κ3) is 2.34. The van der Waals surface area contributed by atoms with Gasteiger partial charge in [-0.05, 0) is 77.1 Å². The van der Waals surface area contributed by atoms with Crippen LogP contribution in [-0.4, -0.2) is 9.55 Å². The number of benzene rings is 2. The fraction of sp³-hybridized carbons (Fsp3) is 0.133. The van der Waals surface area contributed by atoms with Crippen LogP contribution >= 0.6 is 34.8 Å². The Labute approximate surface area is 130 Å². The summed E-state index contributed by atoms with van der Waals surface area (Å²) in [5.41, 5.74) is 4.64. The van der Waals surface area contributed by atoms with Gasteiger partial charge >= 0.3 is 0 Å². The molecule has 0 aliphatic carbocycles. The molecule has 1 aromatic heterocycles. The van der Waals surface area contributed by atoms with Crippen LogP contribution in [0.3, 0.4) is 0 Å². The first kappa shape index (κ1) is 12.9. The van der Waals surface area contributed by atoms with Crippen LogP contribution in [0.5, 0.6) is 0 Å². The molecule has 1 heterocycles. The largest absolute Gasteiger partial charge is 0.330 e. The lowest BCUT2D eigenvalue weighted by Gasteiger charge is -2.05. The second kappa shape index (κ2) is 5.09. The standard InChI is InChI=1S/C15H13IN2S/c1-2-10-3-6-12(7-4-10)18-14-8-5-11(16)9-13(14)17-15(18)19/h3-9H,2H2,1H3,(H,17,19). The zero-order chi connectivity index (χ0) is 13.4. The molecule has 0 saturated carbocycles. The quantitative estimate of drug-likeness (QED) is 0.498. The van der Waals surface area contributed by atoms with Crippen LogP contribution in [0.4, 0.5) is 0 Å². The van der Waals surface area contributed by atoms with E-state index in [2.05, 4.69) is 81.5 Å². The maximum atomic E-state index is 5.44. The second-order valence-electron chi connectivity index (χ2n) is 4.45. The number of aromatic nitrogens is 2. The fourth-order valence-corrected chi connectivity index (χ4v) is 3.03. The number of nitrogens with one attached hydrogen (secondary N) is 1. The highest BCUT2D eigenvalue weighted by atomic mass is 127. The van der Waals surface area contributed by atoms with Gasteiger partial charge < -0.3 is 4.98 Å². The fourth-order valence-electron chi connectivity index (χ4n) is 2.22. The van der Waals surface area contributed by atoms with Gasteiger partial charge in [0, 0.05) is 9.26 Å².